The smallest absolute Gasteiger partial charge is 0.323 e. The van der Waals surface area contributed by atoms with Crippen LogP contribution in [0.15, 0.2) is 24.8 Å². The number of amides is 2. The molecule has 0 bridgehead atoms. The fourth-order valence-corrected chi connectivity index (χ4v) is 4.34. The molecule has 2 aromatic heterocycles. The van der Waals surface area contributed by atoms with E-state index in [1.807, 2.05) is 4.90 Å². The Morgan fingerprint density at radius 1 is 1.03 bits per heavy atom. The molecule has 3 rings (SSSR count). The molecule has 15 heteroatoms. The third kappa shape index (κ3) is 9.91. The predicted octanol–water partition coefficient (Wildman–Crippen LogP) is 0.403. The second-order valence-corrected chi connectivity index (χ2v) is 9.01. The molecule has 0 spiro atoms. The number of nitrogens with one attached hydrogen (secondary N) is 1. The summed E-state index contributed by atoms with van der Waals surface area (Å²) in [5.41, 5.74) is 0. The molecule has 1 aliphatic rings. The van der Waals surface area contributed by atoms with Crippen molar-refractivity contribution in [3.63, 3.8) is 0 Å². The van der Waals surface area contributed by atoms with Crippen molar-refractivity contribution < 1.29 is 49.8 Å². The van der Waals surface area contributed by atoms with Crippen LogP contribution in [-0.4, -0.2) is 88.7 Å². The van der Waals surface area contributed by atoms with Gasteiger partial charge in [0.2, 0.25) is 11.8 Å². The molecule has 211 valence electrons. The number of carboxylic acids is 2. The Hall–Kier alpha value is -3.59. The number of carbonyl (C=O) groups is 4. The van der Waals surface area contributed by atoms with Crippen molar-refractivity contribution in [2.24, 2.45) is 0 Å². The van der Waals surface area contributed by atoms with Crippen molar-refractivity contribution in [2.45, 2.75) is 64.4 Å². The van der Waals surface area contributed by atoms with Crippen LogP contribution in [0.1, 0.15) is 43.8 Å². The standard InChI is InChI=1S/C24H32N8O6.Re/c1-25-18-5-4-10-32(18)22(34)13-28-21(33)6-2-3-9-29(14-19-26-7-11-30(19)16-23(35)36)15-20-27-8-12-31(20)17-24(37)38;/h7-8,11-12,18H,2-6,9-10,13-17H2,(H,28,33)(H,35,36)(H,37,38);/t18-;/m0./s1. The van der Waals surface area contributed by atoms with Crippen molar-refractivity contribution in [3.05, 3.63) is 47.9 Å². The van der Waals surface area contributed by atoms with E-state index in [2.05, 4.69) is 20.1 Å². The van der Waals surface area contributed by atoms with Crippen LogP contribution in [-0.2, 0) is 65.8 Å². The molecule has 0 saturated carbocycles. The van der Waals surface area contributed by atoms with E-state index in [1.165, 1.54) is 26.4 Å². The number of likely N-dealkylation sites (tertiary alicyclic amines) is 1. The summed E-state index contributed by atoms with van der Waals surface area (Å²) in [6.45, 7) is 8.24. The maximum Gasteiger partial charge on any atom is 0.323 e. The van der Waals surface area contributed by atoms with E-state index in [0.717, 1.165) is 6.42 Å². The Bertz CT molecular complexity index is 1120. The van der Waals surface area contributed by atoms with Gasteiger partial charge in [-0.2, -0.15) is 0 Å². The molecule has 0 aromatic carbocycles. The molecule has 14 nitrogen and oxygen atoms in total. The van der Waals surface area contributed by atoms with E-state index in [9.17, 15) is 19.2 Å². The summed E-state index contributed by atoms with van der Waals surface area (Å²) < 4.78 is 3.06. The summed E-state index contributed by atoms with van der Waals surface area (Å²) in [6.07, 6.45) is 8.60. The van der Waals surface area contributed by atoms with Crippen LogP contribution in [0.4, 0.5) is 0 Å². The topological polar surface area (TPSA) is 167 Å². The fourth-order valence-electron chi connectivity index (χ4n) is 4.34. The van der Waals surface area contributed by atoms with E-state index in [-0.39, 0.29) is 58.3 Å². The van der Waals surface area contributed by atoms with Crippen molar-refractivity contribution in [2.75, 3.05) is 19.6 Å². The Morgan fingerprint density at radius 3 is 2.15 bits per heavy atom. The van der Waals surface area contributed by atoms with Crippen LogP contribution >= 0.6 is 0 Å². The number of aliphatic carboxylic acids is 2. The minimum absolute atomic E-state index is 0. The summed E-state index contributed by atoms with van der Waals surface area (Å²) >= 11 is 0. The number of unbranched alkanes of at least 4 members (excludes halogenated alkanes) is 1. The average molecular weight is 715 g/mol. The van der Waals surface area contributed by atoms with Crippen LogP contribution in [0.2, 0.25) is 0 Å². The molecule has 1 radical (unpaired) electrons. The molecular weight excluding hydrogens is 683 g/mol. The number of nitrogens with zero attached hydrogens (tertiary/aromatic N) is 7. The van der Waals surface area contributed by atoms with Crippen molar-refractivity contribution in [3.8, 4) is 0 Å². The summed E-state index contributed by atoms with van der Waals surface area (Å²) in [6, 6.07) is 0. The van der Waals surface area contributed by atoms with Crippen LogP contribution in [0.3, 0.4) is 0 Å². The minimum Gasteiger partial charge on any atom is -0.480 e. The molecule has 2 aromatic rings. The monoisotopic (exact) mass is 715 g/mol. The normalized spacial score (nSPS) is 14.6. The number of rotatable bonds is 15. The third-order valence-electron chi connectivity index (χ3n) is 6.20. The number of carboxylic acid groups (broad SMARTS) is 2. The fraction of sp³-hybridized carbons (Fsp3) is 0.542. The Kier molecular flexibility index (Phi) is 12.8. The largest absolute Gasteiger partial charge is 0.480 e. The van der Waals surface area contributed by atoms with Gasteiger partial charge in [0, 0.05) is 64.6 Å². The quantitative estimate of drug-likeness (QED) is 0.175. The van der Waals surface area contributed by atoms with Gasteiger partial charge in [0.15, 0.2) is 0 Å². The molecular formula is C24H32N8O6Re. The number of aromatic nitrogens is 4. The van der Waals surface area contributed by atoms with Gasteiger partial charge in [-0.25, -0.2) is 16.5 Å². The maximum atomic E-state index is 12.3. The Morgan fingerprint density at radius 2 is 1.62 bits per heavy atom. The maximum absolute atomic E-state index is 12.3. The molecule has 1 atom stereocenters. The first-order chi connectivity index (χ1) is 18.3. The zero-order chi connectivity index (χ0) is 27.5. The van der Waals surface area contributed by atoms with Gasteiger partial charge in [-0.3, -0.25) is 33.8 Å². The first kappa shape index (κ1) is 31.6. The molecule has 1 saturated heterocycles. The SMILES string of the molecule is [C-]#[N+][C@@H]1CCCN1C(=O)CNC(=O)CCCCN(Cc1nccn1CC(=O)O)Cc1nccn1CC(=O)O.[Re]. The van der Waals surface area contributed by atoms with Crippen molar-refractivity contribution >= 4 is 23.8 Å². The molecule has 1 fully saturated rings. The van der Waals surface area contributed by atoms with Crippen LogP contribution in [0, 0.1) is 6.57 Å². The first-order valence-corrected chi connectivity index (χ1v) is 12.4. The van der Waals surface area contributed by atoms with Gasteiger partial charge in [-0.1, -0.05) is 0 Å². The van der Waals surface area contributed by atoms with Crippen LogP contribution in [0.5, 0.6) is 0 Å². The van der Waals surface area contributed by atoms with Crippen molar-refractivity contribution in [1.29, 1.82) is 0 Å². The molecule has 3 N–H and O–H groups in total. The van der Waals surface area contributed by atoms with Gasteiger partial charge >= 0.3 is 18.1 Å². The van der Waals surface area contributed by atoms with Crippen molar-refractivity contribution in [1.82, 2.24) is 34.2 Å². The van der Waals surface area contributed by atoms with Crippen LogP contribution < -0.4 is 5.32 Å². The molecule has 39 heavy (non-hydrogen) atoms. The average Bonchev–Trinajstić information content (AvgIpc) is 3.62. The minimum atomic E-state index is -0.994. The number of hydrogen-bond donors (Lipinski definition) is 3. The molecule has 2 amide bonds. The molecule has 0 unspecified atom stereocenters. The summed E-state index contributed by atoms with van der Waals surface area (Å²) in [7, 11) is 0. The van der Waals surface area contributed by atoms with Gasteiger partial charge in [-0.15, -0.1) is 0 Å². The second kappa shape index (κ2) is 15.7. The molecule has 3 heterocycles. The summed E-state index contributed by atoms with van der Waals surface area (Å²) in [5, 5.41) is 20.9. The second-order valence-electron chi connectivity index (χ2n) is 9.01. The van der Waals surface area contributed by atoms with E-state index < -0.39 is 18.1 Å². The number of carbonyl (C=O) groups excluding carboxylic acids is 2. The zero-order valence-corrected chi connectivity index (χ0v) is 24.1. The van der Waals surface area contributed by atoms with Gasteiger partial charge < -0.3 is 24.7 Å². The van der Waals surface area contributed by atoms with Gasteiger partial charge in [-0.05, 0) is 25.8 Å². The van der Waals surface area contributed by atoms with E-state index in [0.29, 0.717) is 57.1 Å². The number of hydrogen-bond acceptors (Lipinski definition) is 7. The first-order valence-electron chi connectivity index (χ1n) is 12.4. The van der Waals surface area contributed by atoms with E-state index >= 15 is 0 Å². The van der Waals surface area contributed by atoms with Crippen LogP contribution in [0.25, 0.3) is 4.85 Å². The predicted molar refractivity (Wildman–Crippen MR) is 132 cm³/mol. The summed E-state index contributed by atoms with van der Waals surface area (Å²) in [5.74, 6) is -1.41. The Labute approximate surface area is 239 Å². The van der Waals surface area contributed by atoms with Gasteiger partial charge in [0.25, 0.3) is 0 Å². The van der Waals surface area contributed by atoms with E-state index in [4.69, 9.17) is 16.8 Å². The van der Waals surface area contributed by atoms with Gasteiger partial charge in [0.05, 0.1) is 19.6 Å². The summed E-state index contributed by atoms with van der Waals surface area (Å²) in [4.78, 5) is 62.4. The Balaban J connectivity index is 0.00000533. The third-order valence-corrected chi connectivity index (χ3v) is 6.20. The molecule has 1 aliphatic heterocycles. The number of imidazole rings is 2. The van der Waals surface area contributed by atoms with Gasteiger partial charge in [0.1, 0.15) is 24.7 Å². The molecule has 0 aliphatic carbocycles. The van der Waals surface area contributed by atoms with E-state index in [1.54, 1.807) is 12.4 Å². The zero-order valence-electron chi connectivity index (χ0n) is 21.4.